The van der Waals surface area contributed by atoms with Gasteiger partial charge in [0.2, 0.25) is 0 Å². The minimum atomic E-state index is -4.06. The van der Waals surface area contributed by atoms with Crippen molar-refractivity contribution >= 4 is 15.2 Å². The van der Waals surface area contributed by atoms with Gasteiger partial charge in [-0.1, -0.05) is 13.8 Å². The number of hydrogen-bond donors (Lipinski definition) is 1. The molecule has 0 fully saturated rings. The Kier molecular flexibility index (Phi) is 2.98. The fourth-order valence-electron chi connectivity index (χ4n) is 0.671. The lowest BCUT2D eigenvalue weighted by molar-refractivity contribution is 0.496. The third kappa shape index (κ3) is 2.45. The fourth-order valence-corrected chi connectivity index (χ4v) is 1.50. The summed E-state index contributed by atoms with van der Waals surface area (Å²) in [4.78, 5) is 3.44. The van der Waals surface area contributed by atoms with Crippen LogP contribution in [-0.4, -0.2) is 25.1 Å². The Labute approximate surface area is 60.7 Å². The first-order valence-electron chi connectivity index (χ1n) is 2.83. The second-order valence-corrected chi connectivity index (χ2v) is 3.56. The number of nitrogens with zero attached hydrogens (tertiary/aromatic N) is 1. The van der Waals surface area contributed by atoms with Crippen LogP contribution in [0, 0.1) is 5.92 Å². The lowest BCUT2D eigenvalue weighted by Crippen LogP contribution is -2.19. The monoisotopic (exact) mass is 165 g/mol. The highest BCUT2D eigenvalue weighted by atomic mass is 32.2. The molecule has 0 aliphatic heterocycles. The van der Waals surface area contributed by atoms with Gasteiger partial charge in [0.25, 0.3) is 0 Å². The van der Waals surface area contributed by atoms with Crippen molar-refractivity contribution in [1.82, 2.24) is 0 Å². The molecular weight excluding hydrogens is 154 g/mol. The molecule has 5 heteroatoms. The van der Waals surface area contributed by atoms with Crippen molar-refractivity contribution in [2.75, 3.05) is 7.05 Å². The van der Waals surface area contributed by atoms with Gasteiger partial charge in [-0.25, -0.2) is 0 Å². The molecule has 0 bridgehead atoms. The van der Waals surface area contributed by atoms with Gasteiger partial charge in [-0.2, -0.15) is 8.42 Å². The first-order valence-corrected chi connectivity index (χ1v) is 4.27. The van der Waals surface area contributed by atoms with Gasteiger partial charge in [0.1, 0.15) is 0 Å². The van der Waals surface area contributed by atoms with Crippen molar-refractivity contribution in [2.45, 2.75) is 13.8 Å². The van der Waals surface area contributed by atoms with Crippen LogP contribution < -0.4 is 0 Å². The van der Waals surface area contributed by atoms with E-state index in [-0.39, 0.29) is 11.0 Å². The molecule has 0 saturated heterocycles. The average Bonchev–Trinajstić information content (AvgIpc) is 1.60. The van der Waals surface area contributed by atoms with E-state index in [1.165, 1.54) is 7.05 Å². The van der Waals surface area contributed by atoms with E-state index in [1.807, 2.05) is 0 Å². The molecule has 1 N–H and O–H groups in total. The van der Waals surface area contributed by atoms with Crippen molar-refractivity contribution in [1.29, 1.82) is 0 Å². The maximum atomic E-state index is 10.4. The molecule has 0 aromatic rings. The molecule has 0 atom stereocenters. The SMILES string of the molecule is CN=C(C(C)C)S(=O)(=O)O. The van der Waals surface area contributed by atoms with Crippen molar-refractivity contribution in [3.8, 4) is 0 Å². The maximum Gasteiger partial charge on any atom is 0.307 e. The molecule has 0 heterocycles. The molecule has 0 unspecified atom stereocenters. The molecule has 0 spiro atoms. The van der Waals surface area contributed by atoms with Crippen LogP contribution in [0.4, 0.5) is 0 Å². The molecular formula is C5H11NO3S. The van der Waals surface area contributed by atoms with Crippen molar-refractivity contribution in [3.05, 3.63) is 0 Å². The topological polar surface area (TPSA) is 66.7 Å². The quantitative estimate of drug-likeness (QED) is 0.350. The summed E-state index contributed by atoms with van der Waals surface area (Å²) in [5.41, 5.74) is 0. The van der Waals surface area contributed by atoms with Gasteiger partial charge in [-0.05, 0) is 0 Å². The van der Waals surface area contributed by atoms with Gasteiger partial charge in [0.05, 0.1) is 0 Å². The zero-order valence-corrected chi connectivity index (χ0v) is 7.01. The molecule has 0 rings (SSSR count). The molecule has 60 valence electrons. The van der Waals surface area contributed by atoms with E-state index in [0.717, 1.165) is 0 Å². The Balaban J connectivity index is 4.76. The Hall–Kier alpha value is -0.420. The van der Waals surface area contributed by atoms with Crippen LogP contribution in [0.5, 0.6) is 0 Å². The predicted octanol–water partition coefficient (Wildman–Crippen LogP) is 0.558. The molecule has 0 amide bonds. The van der Waals surface area contributed by atoms with E-state index in [9.17, 15) is 8.42 Å². The van der Waals surface area contributed by atoms with Crippen LogP contribution in [-0.2, 0) is 10.1 Å². The second-order valence-electron chi connectivity index (χ2n) is 2.19. The van der Waals surface area contributed by atoms with Crippen LogP contribution in [0.15, 0.2) is 4.99 Å². The maximum absolute atomic E-state index is 10.4. The molecule has 0 saturated carbocycles. The van der Waals surface area contributed by atoms with E-state index in [2.05, 4.69) is 4.99 Å². The van der Waals surface area contributed by atoms with Gasteiger partial charge in [-0.3, -0.25) is 9.55 Å². The lowest BCUT2D eigenvalue weighted by Gasteiger charge is -2.03. The third-order valence-electron chi connectivity index (χ3n) is 0.979. The number of aliphatic imine (C=N–C) groups is 1. The van der Waals surface area contributed by atoms with Gasteiger partial charge >= 0.3 is 10.1 Å². The summed E-state index contributed by atoms with van der Waals surface area (Å²) in [6.07, 6.45) is 0. The molecule has 0 aromatic carbocycles. The Morgan fingerprint density at radius 1 is 1.50 bits per heavy atom. The van der Waals surface area contributed by atoms with Crippen LogP contribution in [0.3, 0.4) is 0 Å². The summed E-state index contributed by atoms with van der Waals surface area (Å²) in [5.74, 6) is -0.264. The van der Waals surface area contributed by atoms with Gasteiger partial charge in [0, 0.05) is 13.0 Å². The summed E-state index contributed by atoms with van der Waals surface area (Å²) in [5, 5.41) is -0.174. The third-order valence-corrected chi connectivity index (χ3v) is 2.16. The first-order chi connectivity index (χ1) is 4.39. The van der Waals surface area contributed by atoms with E-state index >= 15 is 0 Å². The Morgan fingerprint density at radius 3 is 1.90 bits per heavy atom. The highest BCUT2D eigenvalue weighted by Gasteiger charge is 2.17. The summed E-state index contributed by atoms with van der Waals surface area (Å²) in [7, 11) is -2.73. The van der Waals surface area contributed by atoms with Gasteiger partial charge in [0.15, 0.2) is 5.04 Å². The van der Waals surface area contributed by atoms with E-state index in [4.69, 9.17) is 4.55 Å². The summed E-state index contributed by atoms with van der Waals surface area (Å²) >= 11 is 0. The van der Waals surface area contributed by atoms with Crippen LogP contribution in [0.25, 0.3) is 0 Å². The van der Waals surface area contributed by atoms with Gasteiger partial charge in [-0.15, -0.1) is 0 Å². The van der Waals surface area contributed by atoms with Crippen LogP contribution >= 0.6 is 0 Å². The van der Waals surface area contributed by atoms with E-state index < -0.39 is 10.1 Å². The molecule has 0 aliphatic carbocycles. The van der Waals surface area contributed by atoms with Crippen molar-refractivity contribution in [3.63, 3.8) is 0 Å². The Morgan fingerprint density at radius 2 is 1.90 bits per heavy atom. The second kappa shape index (κ2) is 3.12. The number of rotatable bonds is 1. The molecule has 0 radical (unpaired) electrons. The molecule has 0 aliphatic rings. The highest BCUT2D eigenvalue weighted by Crippen LogP contribution is 2.02. The minimum absolute atomic E-state index is 0.174. The normalized spacial score (nSPS) is 14.3. The zero-order chi connectivity index (χ0) is 8.36. The summed E-state index contributed by atoms with van der Waals surface area (Å²) in [6, 6.07) is 0. The van der Waals surface area contributed by atoms with Crippen LogP contribution in [0.1, 0.15) is 13.8 Å². The minimum Gasteiger partial charge on any atom is -0.281 e. The fraction of sp³-hybridized carbons (Fsp3) is 0.800. The predicted molar refractivity (Wildman–Crippen MR) is 39.7 cm³/mol. The largest absolute Gasteiger partial charge is 0.307 e. The van der Waals surface area contributed by atoms with Gasteiger partial charge < -0.3 is 0 Å². The number of hydrogen-bond acceptors (Lipinski definition) is 3. The highest BCUT2D eigenvalue weighted by molar-refractivity contribution is 8.01. The summed E-state index contributed by atoms with van der Waals surface area (Å²) < 4.78 is 29.3. The average molecular weight is 165 g/mol. The zero-order valence-electron chi connectivity index (χ0n) is 6.20. The standard InChI is InChI=1S/C5H11NO3S/c1-4(2)5(6-3)10(7,8)9/h4H,1-3H3,(H,7,8,9). The van der Waals surface area contributed by atoms with Crippen LogP contribution in [0.2, 0.25) is 0 Å². The lowest BCUT2D eigenvalue weighted by atomic mass is 10.2. The van der Waals surface area contributed by atoms with E-state index in [1.54, 1.807) is 13.8 Å². The smallest absolute Gasteiger partial charge is 0.281 e. The van der Waals surface area contributed by atoms with Crippen molar-refractivity contribution < 1.29 is 13.0 Å². The first kappa shape index (κ1) is 9.58. The van der Waals surface area contributed by atoms with E-state index in [0.29, 0.717) is 0 Å². The molecule has 4 nitrogen and oxygen atoms in total. The summed E-state index contributed by atoms with van der Waals surface area (Å²) in [6.45, 7) is 3.30. The Bertz CT molecular complexity index is 227. The molecule has 10 heavy (non-hydrogen) atoms. The molecule has 0 aromatic heterocycles. The van der Waals surface area contributed by atoms with Crippen molar-refractivity contribution in [2.24, 2.45) is 10.9 Å².